The topological polar surface area (TPSA) is 76.5 Å². The maximum absolute atomic E-state index is 11.7. The van der Waals surface area contributed by atoms with Crippen molar-refractivity contribution in [3.63, 3.8) is 0 Å². The van der Waals surface area contributed by atoms with Crippen LogP contribution < -0.4 is 5.69 Å². The molecule has 1 N–H and O–H groups in total. The number of nitrogens with one attached hydrogen (secondary N) is 1. The molecular weight excluding hydrogens is 310 g/mol. The molecule has 0 aromatic carbocycles. The highest BCUT2D eigenvalue weighted by atomic mass is 35.5. The van der Waals surface area contributed by atoms with Crippen molar-refractivity contribution in [2.75, 3.05) is 0 Å². The number of nitrogens with zero attached hydrogens (tertiary/aromatic N) is 4. The summed E-state index contributed by atoms with van der Waals surface area (Å²) in [5, 5.41) is 8.30. The monoisotopic (exact) mass is 327 g/mol. The summed E-state index contributed by atoms with van der Waals surface area (Å²) in [5.41, 5.74) is 0.589. The highest BCUT2D eigenvalue weighted by Crippen LogP contribution is 2.30. The Kier molecular flexibility index (Phi) is 5.05. The van der Waals surface area contributed by atoms with Gasteiger partial charge in [0.15, 0.2) is 5.16 Å². The van der Waals surface area contributed by atoms with Crippen molar-refractivity contribution in [1.29, 1.82) is 0 Å². The first-order valence-electron chi connectivity index (χ1n) is 6.81. The molecule has 2 aromatic heterocycles. The van der Waals surface area contributed by atoms with Gasteiger partial charge in [0.25, 0.3) is 0 Å². The minimum absolute atomic E-state index is 0.180. The molecule has 0 saturated heterocycles. The zero-order valence-electron chi connectivity index (χ0n) is 12.5. The Morgan fingerprint density at radius 3 is 2.71 bits per heavy atom. The van der Waals surface area contributed by atoms with Gasteiger partial charge in [0.05, 0.1) is 0 Å². The Labute approximate surface area is 132 Å². The largest absolute Gasteiger partial charge is 0.343 e. The minimum atomic E-state index is -0.207. The molecule has 114 valence electrons. The van der Waals surface area contributed by atoms with Crippen molar-refractivity contribution in [2.24, 2.45) is 0 Å². The van der Waals surface area contributed by atoms with E-state index in [1.165, 1.54) is 11.8 Å². The standard InChI is InChI=1S/C13H18ClN5OS/c1-5-6-19-12(20)17-18-13(19)21-11-8(4)9(14)15-10(16-11)7(2)3/h7H,5-6H2,1-4H3,(H,17,20). The fourth-order valence-corrected chi connectivity index (χ4v) is 2.90. The number of hydrogen-bond donors (Lipinski definition) is 1. The van der Waals surface area contributed by atoms with Crippen LogP contribution in [0.3, 0.4) is 0 Å². The smallest absolute Gasteiger partial charge is 0.270 e. The fourth-order valence-electron chi connectivity index (χ4n) is 1.73. The molecule has 0 spiro atoms. The summed E-state index contributed by atoms with van der Waals surface area (Å²) < 4.78 is 1.61. The van der Waals surface area contributed by atoms with Gasteiger partial charge in [0.2, 0.25) is 0 Å². The molecule has 0 amide bonds. The Morgan fingerprint density at radius 2 is 2.10 bits per heavy atom. The molecule has 2 rings (SSSR count). The molecule has 0 atom stereocenters. The second-order valence-corrected chi connectivity index (χ2v) is 6.34. The van der Waals surface area contributed by atoms with Crippen LogP contribution in [0, 0.1) is 6.92 Å². The number of aromatic amines is 1. The van der Waals surface area contributed by atoms with Crippen molar-refractivity contribution in [3.05, 3.63) is 27.0 Å². The van der Waals surface area contributed by atoms with Crippen LogP contribution in [0.2, 0.25) is 5.15 Å². The van der Waals surface area contributed by atoms with E-state index in [4.69, 9.17) is 11.6 Å². The van der Waals surface area contributed by atoms with Gasteiger partial charge in [-0.05, 0) is 25.1 Å². The zero-order chi connectivity index (χ0) is 15.6. The molecule has 6 nitrogen and oxygen atoms in total. The van der Waals surface area contributed by atoms with E-state index < -0.39 is 0 Å². The van der Waals surface area contributed by atoms with Crippen LogP contribution in [0.25, 0.3) is 0 Å². The van der Waals surface area contributed by atoms with Gasteiger partial charge in [-0.3, -0.25) is 4.57 Å². The average molecular weight is 328 g/mol. The van der Waals surface area contributed by atoms with Crippen molar-refractivity contribution in [2.45, 2.75) is 56.8 Å². The zero-order valence-corrected chi connectivity index (χ0v) is 14.0. The lowest BCUT2D eigenvalue weighted by atomic mass is 10.2. The van der Waals surface area contributed by atoms with E-state index in [0.717, 1.165) is 17.0 Å². The third kappa shape index (κ3) is 3.47. The minimum Gasteiger partial charge on any atom is -0.270 e. The van der Waals surface area contributed by atoms with Crippen LogP contribution in [0.4, 0.5) is 0 Å². The van der Waals surface area contributed by atoms with E-state index in [0.29, 0.717) is 22.7 Å². The van der Waals surface area contributed by atoms with Gasteiger partial charge in [-0.15, -0.1) is 5.10 Å². The number of hydrogen-bond acceptors (Lipinski definition) is 5. The summed E-state index contributed by atoms with van der Waals surface area (Å²) in [6, 6.07) is 0. The summed E-state index contributed by atoms with van der Waals surface area (Å²) in [4.78, 5) is 20.5. The van der Waals surface area contributed by atoms with E-state index in [1.54, 1.807) is 4.57 Å². The molecule has 2 aromatic rings. The summed E-state index contributed by atoms with van der Waals surface area (Å²) in [5.74, 6) is 0.868. The highest BCUT2D eigenvalue weighted by Gasteiger charge is 2.16. The average Bonchev–Trinajstić information content (AvgIpc) is 2.76. The van der Waals surface area contributed by atoms with Crippen molar-refractivity contribution >= 4 is 23.4 Å². The molecule has 0 aliphatic heterocycles. The van der Waals surface area contributed by atoms with Gasteiger partial charge in [-0.25, -0.2) is 19.9 Å². The molecule has 2 heterocycles. The SMILES string of the molecule is CCCn1c(Sc2nc(C(C)C)nc(Cl)c2C)n[nH]c1=O. The molecule has 0 saturated carbocycles. The lowest BCUT2D eigenvalue weighted by Gasteiger charge is -2.10. The summed E-state index contributed by atoms with van der Waals surface area (Å²) >= 11 is 7.51. The fraction of sp³-hybridized carbons (Fsp3) is 0.538. The normalized spacial score (nSPS) is 11.3. The molecule has 0 radical (unpaired) electrons. The molecule has 21 heavy (non-hydrogen) atoms. The quantitative estimate of drug-likeness (QED) is 0.854. The van der Waals surface area contributed by atoms with E-state index in [2.05, 4.69) is 20.2 Å². The van der Waals surface area contributed by atoms with Crippen LogP contribution in [-0.4, -0.2) is 24.7 Å². The molecule has 0 unspecified atom stereocenters. The molecule has 0 bridgehead atoms. The Hall–Kier alpha value is -1.34. The van der Waals surface area contributed by atoms with Gasteiger partial charge in [0, 0.05) is 18.0 Å². The maximum atomic E-state index is 11.7. The third-order valence-electron chi connectivity index (χ3n) is 2.93. The molecule has 8 heteroatoms. The van der Waals surface area contributed by atoms with E-state index in [1.807, 2.05) is 27.7 Å². The van der Waals surface area contributed by atoms with Gasteiger partial charge < -0.3 is 0 Å². The van der Waals surface area contributed by atoms with Gasteiger partial charge in [0.1, 0.15) is 16.0 Å². The molecule has 0 aliphatic carbocycles. The molecule has 0 fully saturated rings. The summed E-state index contributed by atoms with van der Waals surface area (Å²) in [6.07, 6.45) is 0.855. The van der Waals surface area contributed by atoms with Crippen LogP contribution in [0.15, 0.2) is 15.0 Å². The number of aromatic nitrogens is 5. The first kappa shape index (κ1) is 16.0. The summed E-state index contributed by atoms with van der Waals surface area (Å²) in [6.45, 7) is 8.52. The Balaban J connectivity index is 2.42. The number of rotatable bonds is 5. The van der Waals surface area contributed by atoms with E-state index in [-0.39, 0.29) is 11.6 Å². The third-order valence-corrected chi connectivity index (χ3v) is 4.39. The predicted molar refractivity (Wildman–Crippen MR) is 83.1 cm³/mol. The van der Waals surface area contributed by atoms with Crippen LogP contribution >= 0.6 is 23.4 Å². The summed E-state index contributed by atoms with van der Waals surface area (Å²) in [7, 11) is 0. The second-order valence-electron chi connectivity index (χ2n) is 5.02. The van der Waals surface area contributed by atoms with Crippen LogP contribution in [0.5, 0.6) is 0 Å². The predicted octanol–water partition coefficient (Wildman–Crippen LogP) is 3.01. The number of H-pyrrole nitrogens is 1. The lowest BCUT2D eigenvalue weighted by Crippen LogP contribution is -2.17. The maximum Gasteiger partial charge on any atom is 0.343 e. The second kappa shape index (κ2) is 6.62. The Morgan fingerprint density at radius 1 is 1.38 bits per heavy atom. The van der Waals surface area contributed by atoms with Crippen LogP contribution in [-0.2, 0) is 6.54 Å². The van der Waals surface area contributed by atoms with E-state index in [9.17, 15) is 4.79 Å². The van der Waals surface area contributed by atoms with E-state index >= 15 is 0 Å². The van der Waals surface area contributed by atoms with Crippen molar-refractivity contribution in [1.82, 2.24) is 24.7 Å². The first-order valence-corrected chi connectivity index (χ1v) is 8.00. The number of halogens is 1. The first-order chi connectivity index (χ1) is 9.93. The van der Waals surface area contributed by atoms with Crippen molar-refractivity contribution < 1.29 is 0 Å². The lowest BCUT2D eigenvalue weighted by molar-refractivity contribution is 0.603. The van der Waals surface area contributed by atoms with Gasteiger partial charge in [-0.1, -0.05) is 32.4 Å². The molecule has 0 aliphatic rings. The molecular formula is C13H18ClN5OS. The van der Waals surface area contributed by atoms with Gasteiger partial charge in [-0.2, -0.15) is 0 Å². The Bertz CT molecular complexity index is 694. The van der Waals surface area contributed by atoms with Crippen LogP contribution in [0.1, 0.15) is 44.5 Å². The van der Waals surface area contributed by atoms with Crippen molar-refractivity contribution in [3.8, 4) is 0 Å². The van der Waals surface area contributed by atoms with Gasteiger partial charge >= 0.3 is 5.69 Å². The highest BCUT2D eigenvalue weighted by molar-refractivity contribution is 7.99.